The molecular weight excluding hydrogens is 599 g/mol. The molecule has 2 aromatic heterocycles. The molecule has 19 heteroatoms. The van der Waals surface area contributed by atoms with Gasteiger partial charge in [0.2, 0.25) is 5.88 Å². The first-order chi connectivity index (χ1) is 17.8. The molecule has 0 bridgehead atoms. The molecule has 0 aliphatic carbocycles. The zero-order valence-electron chi connectivity index (χ0n) is 18.3. The molecule has 0 fully saturated rings. The van der Waals surface area contributed by atoms with Crippen molar-refractivity contribution in [2.75, 3.05) is 0 Å². The van der Waals surface area contributed by atoms with Gasteiger partial charge in [0.05, 0.1) is 10.5 Å². The molecule has 39 heavy (non-hydrogen) atoms. The Kier molecular flexibility index (Phi) is 8.05. The maximum Gasteiger partial charge on any atom is 0.433 e. The Balaban J connectivity index is 1.74. The van der Waals surface area contributed by atoms with E-state index in [1.165, 1.54) is 10.3 Å². The number of benzene rings is 1. The van der Waals surface area contributed by atoms with Crippen LogP contribution in [0.4, 0.5) is 39.5 Å². The highest BCUT2D eigenvalue weighted by molar-refractivity contribution is 7.89. The molecule has 0 radical (unpaired) electrons. The molecule has 0 aliphatic heterocycles. The second-order valence-electron chi connectivity index (χ2n) is 7.26. The number of aromatic nitrogens is 2. The minimum Gasteiger partial charge on any atom is -0.438 e. The highest BCUT2D eigenvalue weighted by Crippen LogP contribution is 2.35. The zero-order valence-corrected chi connectivity index (χ0v) is 19.9. The number of halogens is 10. The molecule has 0 spiro atoms. The summed E-state index contributed by atoms with van der Waals surface area (Å²) in [7, 11) is -4.62. The van der Waals surface area contributed by atoms with E-state index in [-0.39, 0.29) is 17.9 Å². The van der Waals surface area contributed by atoms with Gasteiger partial charge >= 0.3 is 18.5 Å². The van der Waals surface area contributed by atoms with Gasteiger partial charge in [-0.25, -0.2) is 18.4 Å². The Labute approximate surface area is 216 Å². The van der Waals surface area contributed by atoms with Crippen LogP contribution in [0, 0.1) is 0 Å². The van der Waals surface area contributed by atoms with E-state index in [0.717, 1.165) is 24.3 Å². The van der Waals surface area contributed by atoms with Crippen LogP contribution in [0.2, 0.25) is 5.02 Å². The number of carbonyl (C=O) groups excluding carboxylic acids is 1. The van der Waals surface area contributed by atoms with Crippen molar-refractivity contribution in [1.82, 2.24) is 20.2 Å². The number of rotatable bonds is 6. The molecule has 2 N–H and O–H groups in total. The number of nitrogens with one attached hydrogen (secondary N) is 2. The first kappa shape index (κ1) is 29.9. The van der Waals surface area contributed by atoms with Crippen LogP contribution in [0.5, 0.6) is 11.6 Å². The standard InChI is InChI=1S/C20H10ClF9N4O4S/c21-13-7-10(18(22,23)24)8-31-17(13)38-11-1-3-12(4-2-11)39(36,37)34-33-16(35)9-5-14(19(25,26)27)32-15(6-9)20(28,29)30/h1-8,34H,(H,33,35). The summed E-state index contributed by atoms with van der Waals surface area (Å²) in [6, 6.07) is 4.33. The second kappa shape index (κ2) is 10.5. The molecule has 0 saturated heterocycles. The van der Waals surface area contributed by atoms with E-state index < -0.39 is 72.8 Å². The maximum atomic E-state index is 12.9. The average Bonchev–Trinajstić information content (AvgIpc) is 2.82. The smallest absolute Gasteiger partial charge is 0.433 e. The predicted octanol–water partition coefficient (Wildman–Crippen LogP) is 5.60. The zero-order chi connectivity index (χ0) is 29.4. The minimum absolute atomic E-state index is 0.00851. The number of hydrogen-bond acceptors (Lipinski definition) is 6. The summed E-state index contributed by atoms with van der Waals surface area (Å²) >= 11 is 5.72. The molecule has 210 valence electrons. The van der Waals surface area contributed by atoms with Gasteiger partial charge in [0, 0.05) is 11.8 Å². The molecule has 1 aromatic carbocycles. The normalized spacial score (nSPS) is 12.8. The third-order valence-electron chi connectivity index (χ3n) is 4.45. The van der Waals surface area contributed by atoms with Gasteiger partial charge in [0.1, 0.15) is 22.2 Å². The lowest BCUT2D eigenvalue weighted by atomic mass is 10.1. The van der Waals surface area contributed by atoms with Crippen molar-refractivity contribution >= 4 is 27.5 Å². The lowest BCUT2D eigenvalue weighted by Crippen LogP contribution is -2.41. The van der Waals surface area contributed by atoms with Crippen molar-refractivity contribution in [2.24, 2.45) is 0 Å². The van der Waals surface area contributed by atoms with Crippen LogP contribution in [-0.4, -0.2) is 24.3 Å². The monoisotopic (exact) mass is 608 g/mol. The Morgan fingerprint density at radius 1 is 0.846 bits per heavy atom. The molecule has 8 nitrogen and oxygen atoms in total. The summed E-state index contributed by atoms with van der Waals surface area (Å²) in [6.45, 7) is 0. The van der Waals surface area contributed by atoms with Gasteiger partial charge in [0.25, 0.3) is 15.9 Å². The average molecular weight is 609 g/mol. The number of ether oxygens (including phenoxy) is 1. The van der Waals surface area contributed by atoms with Gasteiger partial charge in [-0.05, 0) is 42.5 Å². The second-order valence-corrected chi connectivity index (χ2v) is 9.35. The van der Waals surface area contributed by atoms with E-state index in [1.54, 1.807) is 0 Å². The van der Waals surface area contributed by atoms with Crippen molar-refractivity contribution < 1.29 is 57.5 Å². The van der Waals surface area contributed by atoms with Crippen LogP contribution < -0.4 is 15.0 Å². The largest absolute Gasteiger partial charge is 0.438 e. The van der Waals surface area contributed by atoms with E-state index in [2.05, 4.69) is 9.97 Å². The molecule has 1 amide bonds. The van der Waals surface area contributed by atoms with E-state index >= 15 is 0 Å². The molecule has 3 rings (SSSR count). The Morgan fingerprint density at radius 3 is 1.85 bits per heavy atom. The van der Waals surface area contributed by atoms with Crippen molar-refractivity contribution in [3.05, 3.63) is 76.2 Å². The molecule has 3 aromatic rings. The molecule has 0 atom stereocenters. The number of amides is 1. The highest BCUT2D eigenvalue weighted by atomic mass is 35.5. The number of sulfonamides is 1. The molecule has 0 saturated carbocycles. The first-order valence-corrected chi connectivity index (χ1v) is 11.6. The number of nitrogens with zero attached hydrogens (tertiary/aromatic N) is 2. The molecular formula is C20H10ClF9N4O4S. The Hall–Kier alpha value is -3.64. The summed E-state index contributed by atoms with van der Waals surface area (Å²) < 4.78 is 146. The van der Waals surface area contributed by atoms with Crippen molar-refractivity contribution in [2.45, 2.75) is 23.4 Å². The van der Waals surface area contributed by atoms with E-state index in [1.807, 2.05) is 0 Å². The summed E-state index contributed by atoms with van der Waals surface area (Å²) in [5, 5.41) is -0.510. The van der Waals surface area contributed by atoms with Gasteiger partial charge in [-0.2, -0.15) is 39.5 Å². The van der Waals surface area contributed by atoms with Crippen LogP contribution in [0.1, 0.15) is 27.3 Å². The summed E-state index contributed by atoms with van der Waals surface area (Å²) in [5.74, 6) is -2.25. The third-order valence-corrected chi connectivity index (χ3v) is 5.98. The van der Waals surface area contributed by atoms with Crippen molar-refractivity contribution in [3.63, 3.8) is 0 Å². The van der Waals surface area contributed by atoms with Gasteiger partial charge in [0.15, 0.2) is 0 Å². The van der Waals surface area contributed by atoms with Crippen LogP contribution in [0.25, 0.3) is 0 Å². The number of pyridine rings is 2. The van der Waals surface area contributed by atoms with Gasteiger partial charge in [-0.15, -0.1) is 4.83 Å². The van der Waals surface area contributed by atoms with Gasteiger partial charge < -0.3 is 4.74 Å². The van der Waals surface area contributed by atoms with E-state index in [0.29, 0.717) is 12.3 Å². The van der Waals surface area contributed by atoms with Crippen LogP contribution in [-0.2, 0) is 28.6 Å². The van der Waals surface area contributed by atoms with E-state index in [9.17, 15) is 52.7 Å². The SMILES string of the molecule is O=C(NNS(=O)(=O)c1ccc(Oc2ncc(C(F)(F)F)cc2Cl)cc1)c1cc(C(F)(F)F)nc(C(F)(F)F)c1. The number of carbonyl (C=O) groups is 1. The fourth-order valence-corrected chi connectivity index (χ4v) is 3.69. The Bertz CT molecular complexity index is 1460. The first-order valence-electron chi connectivity index (χ1n) is 9.76. The lowest BCUT2D eigenvalue weighted by Gasteiger charge is -2.14. The maximum absolute atomic E-state index is 12.9. The summed E-state index contributed by atoms with van der Waals surface area (Å²) in [6.07, 6.45) is -15.0. The van der Waals surface area contributed by atoms with Crippen LogP contribution in [0.15, 0.2) is 53.6 Å². The van der Waals surface area contributed by atoms with Crippen molar-refractivity contribution in [1.29, 1.82) is 0 Å². The third kappa shape index (κ3) is 7.48. The fourth-order valence-electron chi connectivity index (χ4n) is 2.65. The molecule has 0 unspecified atom stereocenters. The fraction of sp³-hybridized carbons (Fsp3) is 0.150. The van der Waals surface area contributed by atoms with Crippen molar-refractivity contribution in [3.8, 4) is 11.6 Å². The van der Waals surface area contributed by atoms with E-state index in [4.69, 9.17) is 16.3 Å². The number of hydrogen-bond donors (Lipinski definition) is 2. The summed E-state index contributed by atoms with van der Waals surface area (Å²) in [5.41, 5.74) is -4.94. The minimum atomic E-state index is -5.35. The van der Waals surface area contributed by atoms with Crippen LogP contribution >= 0.6 is 11.6 Å². The number of hydrazine groups is 1. The Morgan fingerprint density at radius 2 is 1.38 bits per heavy atom. The highest BCUT2D eigenvalue weighted by Gasteiger charge is 2.39. The summed E-state index contributed by atoms with van der Waals surface area (Å²) in [4.78, 5) is 18.9. The van der Waals surface area contributed by atoms with Gasteiger partial charge in [-0.3, -0.25) is 10.2 Å². The predicted molar refractivity (Wildman–Crippen MR) is 113 cm³/mol. The van der Waals surface area contributed by atoms with Crippen LogP contribution in [0.3, 0.4) is 0 Å². The quantitative estimate of drug-likeness (QED) is 0.278. The topological polar surface area (TPSA) is 110 Å². The number of alkyl halides is 9. The molecule has 2 heterocycles. The lowest BCUT2D eigenvalue weighted by molar-refractivity contribution is -0.150. The molecule has 0 aliphatic rings. The van der Waals surface area contributed by atoms with Gasteiger partial charge in [-0.1, -0.05) is 11.6 Å².